The number of benzene rings is 1. The maximum absolute atomic E-state index is 12.2. The largest absolute Gasteiger partial charge is 0.354 e. The van der Waals surface area contributed by atoms with Crippen molar-refractivity contribution in [3.8, 4) is 0 Å². The first kappa shape index (κ1) is 18.5. The van der Waals surface area contributed by atoms with Gasteiger partial charge in [-0.15, -0.1) is 12.4 Å². The Balaban J connectivity index is 0.00000242. The van der Waals surface area contributed by atoms with E-state index in [2.05, 4.69) is 5.32 Å². The topological polar surface area (TPSA) is 75.4 Å². The Morgan fingerprint density at radius 2 is 2.05 bits per heavy atom. The van der Waals surface area contributed by atoms with Crippen molar-refractivity contribution in [2.45, 2.75) is 25.8 Å². The minimum atomic E-state index is -0.206. The van der Waals surface area contributed by atoms with E-state index in [1.165, 1.54) is 0 Å². The number of hydrogen-bond donors (Lipinski definition) is 2. The molecule has 1 heterocycles. The number of hydrogen-bond acceptors (Lipinski definition) is 3. The van der Waals surface area contributed by atoms with Gasteiger partial charge >= 0.3 is 0 Å². The minimum absolute atomic E-state index is 0. The van der Waals surface area contributed by atoms with Crippen molar-refractivity contribution < 1.29 is 9.59 Å². The molecule has 1 aromatic carbocycles. The molecule has 2 unspecified atom stereocenters. The molecule has 1 aliphatic heterocycles. The van der Waals surface area contributed by atoms with Gasteiger partial charge in [-0.25, -0.2) is 0 Å². The van der Waals surface area contributed by atoms with Crippen molar-refractivity contribution in [3.05, 3.63) is 35.9 Å². The molecule has 2 atom stereocenters. The highest BCUT2D eigenvalue weighted by molar-refractivity contribution is 5.85. The van der Waals surface area contributed by atoms with Gasteiger partial charge in [0, 0.05) is 32.6 Å². The number of carbonyl (C=O) groups is 2. The normalized spacial score (nSPS) is 19.0. The first-order valence-electron chi connectivity index (χ1n) is 7.41. The monoisotopic (exact) mass is 325 g/mol. The predicted octanol–water partition coefficient (Wildman–Crippen LogP) is 1.48. The van der Waals surface area contributed by atoms with E-state index in [4.69, 9.17) is 5.73 Å². The lowest BCUT2D eigenvalue weighted by atomic mass is 9.97. The van der Waals surface area contributed by atoms with E-state index in [1.807, 2.05) is 30.3 Å². The fourth-order valence-corrected chi connectivity index (χ4v) is 2.65. The molecular formula is C16H24ClN3O2. The number of nitrogens with one attached hydrogen (secondary N) is 1. The average Bonchev–Trinajstić information content (AvgIpc) is 2.53. The summed E-state index contributed by atoms with van der Waals surface area (Å²) < 4.78 is 0. The van der Waals surface area contributed by atoms with Crippen LogP contribution in [0.2, 0.25) is 0 Å². The van der Waals surface area contributed by atoms with Crippen molar-refractivity contribution in [1.82, 2.24) is 10.2 Å². The second kappa shape index (κ2) is 8.76. The van der Waals surface area contributed by atoms with Crippen molar-refractivity contribution in [3.63, 3.8) is 0 Å². The summed E-state index contributed by atoms with van der Waals surface area (Å²) in [6.45, 7) is 3.23. The summed E-state index contributed by atoms with van der Waals surface area (Å²) in [5, 5.41) is 2.91. The summed E-state index contributed by atoms with van der Waals surface area (Å²) in [6, 6.07) is 9.51. The van der Waals surface area contributed by atoms with Crippen molar-refractivity contribution in [1.29, 1.82) is 0 Å². The van der Waals surface area contributed by atoms with Gasteiger partial charge in [-0.3, -0.25) is 9.59 Å². The molecule has 1 saturated heterocycles. The highest BCUT2D eigenvalue weighted by atomic mass is 35.5. The SMILES string of the molecule is CC(=O)N1CCCC(C(=O)NCC(N)c2ccccc2)C1.Cl. The highest BCUT2D eigenvalue weighted by Gasteiger charge is 2.27. The molecule has 6 heteroatoms. The first-order chi connectivity index (χ1) is 10.1. The molecule has 0 saturated carbocycles. The zero-order chi connectivity index (χ0) is 15.2. The van der Waals surface area contributed by atoms with Gasteiger partial charge in [0.1, 0.15) is 0 Å². The Bertz CT molecular complexity index is 495. The van der Waals surface area contributed by atoms with Gasteiger partial charge in [0.25, 0.3) is 0 Å². The van der Waals surface area contributed by atoms with Crippen LogP contribution in [0.1, 0.15) is 31.4 Å². The molecular weight excluding hydrogens is 302 g/mol. The first-order valence-corrected chi connectivity index (χ1v) is 7.41. The summed E-state index contributed by atoms with van der Waals surface area (Å²) in [5.74, 6) is -0.0913. The number of nitrogens with zero attached hydrogens (tertiary/aromatic N) is 1. The van der Waals surface area contributed by atoms with E-state index in [-0.39, 0.29) is 36.2 Å². The third kappa shape index (κ3) is 5.00. The van der Waals surface area contributed by atoms with Gasteiger partial charge in [0.15, 0.2) is 0 Å². The lowest BCUT2D eigenvalue weighted by molar-refractivity contribution is -0.133. The number of piperidine rings is 1. The molecule has 1 aromatic rings. The van der Waals surface area contributed by atoms with E-state index in [1.54, 1.807) is 11.8 Å². The Labute approximate surface area is 137 Å². The van der Waals surface area contributed by atoms with Gasteiger partial charge < -0.3 is 16.0 Å². The van der Waals surface area contributed by atoms with Crippen LogP contribution in [0.5, 0.6) is 0 Å². The summed E-state index contributed by atoms with van der Waals surface area (Å²) in [4.78, 5) is 25.3. The van der Waals surface area contributed by atoms with Gasteiger partial charge in [0.2, 0.25) is 11.8 Å². The molecule has 2 amide bonds. The number of halogens is 1. The molecule has 5 nitrogen and oxygen atoms in total. The fourth-order valence-electron chi connectivity index (χ4n) is 2.65. The van der Waals surface area contributed by atoms with Crippen LogP contribution in [-0.4, -0.2) is 36.3 Å². The highest BCUT2D eigenvalue weighted by Crippen LogP contribution is 2.17. The van der Waals surface area contributed by atoms with Gasteiger partial charge in [-0.05, 0) is 18.4 Å². The third-order valence-corrected chi connectivity index (χ3v) is 3.96. The van der Waals surface area contributed by atoms with E-state index in [9.17, 15) is 9.59 Å². The number of nitrogens with two attached hydrogens (primary N) is 1. The number of rotatable bonds is 4. The zero-order valence-electron chi connectivity index (χ0n) is 12.8. The van der Waals surface area contributed by atoms with E-state index in [0.29, 0.717) is 13.1 Å². The minimum Gasteiger partial charge on any atom is -0.354 e. The second-order valence-electron chi connectivity index (χ2n) is 5.57. The van der Waals surface area contributed by atoms with E-state index in [0.717, 1.165) is 24.9 Å². The Kier molecular flexibility index (Phi) is 7.35. The summed E-state index contributed by atoms with van der Waals surface area (Å²) in [6.07, 6.45) is 1.71. The Hall–Kier alpha value is -1.59. The number of carbonyl (C=O) groups excluding carboxylic acids is 2. The smallest absolute Gasteiger partial charge is 0.224 e. The molecule has 0 aliphatic carbocycles. The molecule has 3 N–H and O–H groups in total. The molecule has 122 valence electrons. The molecule has 0 aromatic heterocycles. The average molecular weight is 326 g/mol. The summed E-state index contributed by atoms with van der Waals surface area (Å²) >= 11 is 0. The van der Waals surface area contributed by atoms with Crippen LogP contribution in [0, 0.1) is 5.92 Å². The molecule has 2 rings (SSSR count). The van der Waals surface area contributed by atoms with Crippen molar-refractivity contribution >= 4 is 24.2 Å². The molecule has 0 radical (unpaired) electrons. The predicted molar refractivity (Wildman–Crippen MR) is 88.6 cm³/mol. The van der Waals surface area contributed by atoms with Crippen molar-refractivity contribution in [2.24, 2.45) is 11.7 Å². The third-order valence-electron chi connectivity index (χ3n) is 3.96. The lowest BCUT2D eigenvalue weighted by Gasteiger charge is -2.31. The van der Waals surface area contributed by atoms with Crippen LogP contribution in [0.15, 0.2) is 30.3 Å². The lowest BCUT2D eigenvalue weighted by Crippen LogP contribution is -2.45. The van der Waals surface area contributed by atoms with E-state index < -0.39 is 0 Å². The number of amides is 2. The second-order valence-corrected chi connectivity index (χ2v) is 5.57. The fraction of sp³-hybridized carbons (Fsp3) is 0.500. The Morgan fingerprint density at radius 3 is 2.68 bits per heavy atom. The van der Waals surface area contributed by atoms with E-state index >= 15 is 0 Å². The molecule has 0 bridgehead atoms. The van der Waals surface area contributed by atoms with Gasteiger partial charge in [0.05, 0.1) is 5.92 Å². The molecule has 22 heavy (non-hydrogen) atoms. The van der Waals surface area contributed by atoms with Crippen LogP contribution in [0.25, 0.3) is 0 Å². The quantitative estimate of drug-likeness (QED) is 0.880. The molecule has 1 fully saturated rings. The van der Waals surface area contributed by atoms with Gasteiger partial charge in [-0.2, -0.15) is 0 Å². The van der Waals surface area contributed by atoms with Crippen LogP contribution in [-0.2, 0) is 9.59 Å². The maximum Gasteiger partial charge on any atom is 0.224 e. The van der Waals surface area contributed by atoms with Gasteiger partial charge in [-0.1, -0.05) is 30.3 Å². The van der Waals surface area contributed by atoms with Crippen LogP contribution in [0.4, 0.5) is 0 Å². The van der Waals surface area contributed by atoms with Crippen LogP contribution in [0.3, 0.4) is 0 Å². The van der Waals surface area contributed by atoms with Crippen LogP contribution < -0.4 is 11.1 Å². The number of likely N-dealkylation sites (tertiary alicyclic amines) is 1. The summed E-state index contributed by atoms with van der Waals surface area (Å²) in [5.41, 5.74) is 7.08. The molecule has 0 spiro atoms. The molecule has 1 aliphatic rings. The maximum atomic E-state index is 12.2. The Morgan fingerprint density at radius 1 is 1.36 bits per heavy atom. The van der Waals surface area contributed by atoms with Crippen molar-refractivity contribution in [2.75, 3.05) is 19.6 Å². The van der Waals surface area contributed by atoms with Crippen LogP contribution >= 0.6 is 12.4 Å². The summed E-state index contributed by atoms with van der Waals surface area (Å²) in [7, 11) is 0. The zero-order valence-corrected chi connectivity index (χ0v) is 13.6. The standard InChI is InChI=1S/C16H23N3O2.ClH/c1-12(20)19-9-5-8-14(11-19)16(21)18-10-15(17)13-6-3-2-4-7-13;/h2-4,6-7,14-15H,5,8-11,17H2,1H3,(H,18,21);1H.